The van der Waals surface area contributed by atoms with Crippen LogP contribution < -0.4 is 10.1 Å². The number of aryl methyl sites for hydroxylation is 2. The molecule has 1 aromatic carbocycles. The Kier molecular flexibility index (Phi) is 4.92. The highest BCUT2D eigenvalue weighted by Gasteiger charge is 2.08. The van der Waals surface area contributed by atoms with Gasteiger partial charge in [0.2, 0.25) is 0 Å². The summed E-state index contributed by atoms with van der Waals surface area (Å²) in [5.74, 6) is 0.823. The summed E-state index contributed by atoms with van der Waals surface area (Å²) in [5.41, 5.74) is 2.37. The highest BCUT2D eigenvalue weighted by molar-refractivity contribution is 9.11. The minimum Gasteiger partial charge on any atom is -0.495 e. The molecule has 0 saturated carbocycles. The van der Waals surface area contributed by atoms with E-state index < -0.39 is 0 Å². The predicted molar refractivity (Wildman–Crippen MR) is 89.5 cm³/mol. The third-order valence-electron chi connectivity index (χ3n) is 2.85. The average Bonchev–Trinajstić information content (AvgIpc) is 2.67. The van der Waals surface area contributed by atoms with Crippen molar-refractivity contribution in [1.29, 1.82) is 0 Å². The zero-order valence-corrected chi connectivity index (χ0v) is 15.0. The lowest BCUT2D eigenvalue weighted by Gasteiger charge is -2.11. The zero-order chi connectivity index (χ0) is 14.0. The highest BCUT2D eigenvalue weighted by Crippen LogP contribution is 2.35. The standard InChI is InChI=1S/C14H15Br2NOS/c1-8-4-10(9(2)19-8)7-17-13-6-14(18-3)12(16)5-11(13)15/h4-6,17H,7H2,1-3H3. The number of methoxy groups -OCH3 is 1. The van der Waals surface area contributed by atoms with Crippen LogP contribution in [-0.2, 0) is 6.54 Å². The Balaban J connectivity index is 2.17. The fraction of sp³-hybridized carbons (Fsp3) is 0.286. The summed E-state index contributed by atoms with van der Waals surface area (Å²) in [6, 6.07) is 6.21. The number of rotatable bonds is 4. The van der Waals surface area contributed by atoms with E-state index in [9.17, 15) is 0 Å². The number of halogens is 2. The van der Waals surface area contributed by atoms with Crippen LogP contribution in [-0.4, -0.2) is 7.11 Å². The van der Waals surface area contributed by atoms with Crippen LogP contribution in [0.2, 0.25) is 0 Å². The lowest BCUT2D eigenvalue weighted by Crippen LogP contribution is -2.01. The SMILES string of the molecule is COc1cc(NCc2cc(C)sc2C)c(Br)cc1Br. The van der Waals surface area contributed by atoms with E-state index >= 15 is 0 Å². The Morgan fingerprint density at radius 2 is 1.89 bits per heavy atom. The van der Waals surface area contributed by atoms with Crippen molar-refractivity contribution in [2.75, 3.05) is 12.4 Å². The molecule has 2 rings (SSSR count). The summed E-state index contributed by atoms with van der Waals surface area (Å²) in [7, 11) is 1.67. The Hall–Kier alpha value is -0.520. The zero-order valence-electron chi connectivity index (χ0n) is 11.0. The van der Waals surface area contributed by atoms with Crippen molar-refractivity contribution in [3.63, 3.8) is 0 Å². The number of benzene rings is 1. The van der Waals surface area contributed by atoms with Crippen molar-refractivity contribution in [3.05, 3.63) is 42.5 Å². The largest absolute Gasteiger partial charge is 0.495 e. The molecule has 1 aromatic heterocycles. The molecule has 0 amide bonds. The molecule has 0 bridgehead atoms. The van der Waals surface area contributed by atoms with Gasteiger partial charge < -0.3 is 10.1 Å². The van der Waals surface area contributed by atoms with Gasteiger partial charge in [-0.05, 0) is 63.4 Å². The summed E-state index contributed by atoms with van der Waals surface area (Å²) in [4.78, 5) is 2.71. The summed E-state index contributed by atoms with van der Waals surface area (Å²) in [6.07, 6.45) is 0. The van der Waals surface area contributed by atoms with Crippen LogP contribution in [0.4, 0.5) is 5.69 Å². The third-order valence-corrected chi connectivity index (χ3v) is 5.14. The first-order chi connectivity index (χ1) is 9.01. The normalized spacial score (nSPS) is 10.6. The Morgan fingerprint density at radius 3 is 2.47 bits per heavy atom. The molecule has 0 aliphatic rings. The maximum Gasteiger partial charge on any atom is 0.135 e. The molecule has 0 radical (unpaired) electrons. The quantitative estimate of drug-likeness (QED) is 0.725. The van der Waals surface area contributed by atoms with Crippen LogP contribution in [0.3, 0.4) is 0 Å². The molecule has 19 heavy (non-hydrogen) atoms. The number of thiophene rings is 1. The van der Waals surface area contributed by atoms with Gasteiger partial charge >= 0.3 is 0 Å². The molecule has 0 aliphatic carbocycles. The van der Waals surface area contributed by atoms with E-state index in [-0.39, 0.29) is 0 Å². The summed E-state index contributed by atoms with van der Waals surface area (Å²) in [5, 5.41) is 3.44. The molecule has 1 N–H and O–H groups in total. The maximum absolute atomic E-state index is 5.31. The lowest BCUT2D eigenvalue weighted by atomic mass is 10.2. The average molecular weight is 405 g/mol. The number of hydrogen-bond donors (Lipinski definition) is 1. The van der Waals surface area contributed by atoms with Crippen molar-refractivity contribution in [1.82, 2.24) is 0 Å². The minimum atomic E-state index is 0.819. The molecule has 0 saturated heterocycles. The second-order valence-corrected chi connectivity index (χ2v) is 7.43. The van der Waals surface area contributed by atoms with Gasteiger partial charge in [0.1, 0.15) is 5.75 Å². The first kappa shape index (κ1) is 14.9. The molecule has 102 valence electrons. The highest BCUT2D eigenvalue weighted by atomic mass is 79.9. The molecule has 0 fully saturated rings. The monoisotopic (exact) mass is 403 g/mol. The number of nitrogens with one attached hydrogen (secondary N) is 1. The summed E-state index contributed by atoms with van der Waals surface area (Å²) in [6.45, 7) is 5.12. The second kappa shape index (κ2) is 6.29. The molecule has 2 nitrogen and oxygen atoms in total. The van der Waals surface area contributed by atoms with Crippen LogP contribution in [0, 0.1) is 13.8 Å². The molecule has 0 aliphatic heterocycles. The first-order valence-electron chi connectivity index (χ1n) is 5.84. The van der Waals surface area contributed by atoms with Crippen LogP contribution in [0.25, 0.3) is 0 Å². The molecule has 2 aromatic rings. The van der Waals surface area contributed by atoms with Gasteiger partial charge in [-0.3, -0.25) is 0 Å². The van der Waals surface area contributed by atoms with Gasteiger partial charge in [-0.1, -0.05) is 0 Å². The number of hydrogen-bond acceptors (Lipinski definition) is 3. The van der Waals surface area contributed by atoms with Crippen LogP contribution in [0.5, 0.6) is 5.75 Å². The Bertz CT molecular complexity index is 595. The van der Waals surface area contributed by atoms with Gasteiger partial charge in [0.25, 0.3) is 0 Å². The van der Waals surface area contributed by atoms with Gasteiger partial charge in [-0.15, -0.1) is 11.3 Å². The summed E-state index contributed by atoms with van der Waals surface area (Å²) < 4.78 is 7.27. The van der Waals surface area contributed by atoms with Crippen LogP contribution >= 0.6 is 43.2 Å². The fourth-order valence-corrected chi connectivity index (χ4v) is 4.11. The van der Waals surface area contributed by atoms with Crippen LogP contribution in [0.1, 0.15) is 15.3 Å². The van der Waals surface area contributed by atoms with E-state index in [1.165, 1.54) is 15.3 Å². The number of anilines is 1. The molecule has 0 atom stereocenters. The van der Waals surface area contributed by atoms with E-state index in [4.69, 9.17) is 4.74 Å². The van der Waals surface area contributed by atoms with Crippen molar-refractivity contribution in [3.8, 4) is 5.75 Å². The van der Waals surface area contributed by atoms with E-state index in [1.54, 1.807) is 7.11 Å². The van der Waals surface area contributed by atoms with Crippen molar-refractivity contribution in [2.45, 2.75) is 20.4 Å². The summed E-state index contributed by atoms with van der Waals surface area (Å²) >= 11 is 8.87. The van der Waals surface area contributed by atoms with E-state index in [1.807, 2.05) is 23.5 Å². The van der Waals surface area contributed by atoms with Crippen molar-refractivity contribution >= 4 is 48.9 Å². The minimum absolute atomic E-state index is 0.819. The number of ether oxygens (including phenoxy) is 1. The van der Waals surface area contributed by atoms with Gasteiger partial charge in [0.15, 0.2) is 0 Å². The second-order valence-electron chi connectivity index (χ2n) is 4.26. The molecular weight excluding hydrogens is 390 g/mol. The molecule has 0 spiro atoms. The van der Waals surface area contributed by atoms with Crippen molar-refractivity contribution < 1.29 is 4.74 Å². The van der Waals surface area contributed by atoms with E-state index in [0.29, 0.717) is 0 Å². The maximum atomic E-state index is 5.31. The topological polar surface area (TPSA) is 21.3 Å². The molecule has 5 heteroatoms. The van der Waals surface area contributed by atoms with E-state index in [0.717, 1.165) is 26.9 Å². The van der Waals surface area contributed by atoms with Gasteiger partial charge in [-0.2, -0.15) is 0 Å². The lowest BCUT2D eigenvalue weighted by molar-refractivity contribution is 0.412. The predicted octanol–water partition coefficient (Wildman–Crippen LogP) is 5.51. The van der Waals surface area contributed by atoms with Crippen molar-refractivity contribution in [2.24, 2.45) is 0 Å². The molecule has 1 heterocycles. The smallest absolute Gasteiger partial charge is 0.135 e. The van der Waals surface area contributed by atoms with E-state index in [2.05, 4.69) is 57.1 Å². The van der Waals surface area contributed by atoms with Gasteiger partial charge in [0.05, 0.1) is 17.3 Å². The molecule has 0 unspecified atom stereocenters. The van der Waals surface area contributed by atoms with Crippen LogP contribution in [0.15, 0.2) is 27.1 Å². The molecular formula is C14H15Br2NOS. The van der Waals surface area contributed by atoms with Gasteiger partial charge in [-0.25, -0.2) is 0 Å². The fourth-order valence-electron chi connectivity index (χ4n) is 1.87. The first-order valence-corrected chi connectivity index (χ1v) is 8.24. The third kappa shape index (κ3) is 3.52. The van der Waals surface area contributed by atoms with Gasteiger partial charge in [0, 0.05) is 26.8 Å². The Morgan fingerprint density at radius 1 is 1.16 bits per heavy atom. The Labute approximate surface area is 134 Å².